The number of aryl methyl sites for hydroxylation is 1. The Labute approximate surface area is 172 Å². The molecule has 29 heavy (non-hydrogen) atoms. The Bertz CT molecular complexity index is 846. The summed E-state index contributed by atoms with van der Waals surface area (Å²) in [6, 6.07) is 7.18. The lowest BCUT2D eigenvalue weighted by Gasteiger charge is -2.33. The van der Waals surface area contributed by atoms with Crippen LogP contribution in [0, 0.1) is 12.8 Å². The van der Waals surface area contributed by atoms with Crippen LogP contribution in [0.3, 0.4) is 0 Å². The number of hydrogen-bond donors (Lipinski definition) is 2. The van der Waals surface area contributed by atoms with E-state index in [1.54, 1.807) is 9.80 Å². The van der Waals surface area contributed by atoms with Crippen molar-refractivity contribution in [2.75, 3.05) is 26.2 Å². The molecule has 0 saturated carbocycles. The van der Waals surface area contributed by atoms with Gasteiger partial charge in [-0.05, 0) is 25.3 Å². The fourth-order valence-corrected chi connectivity index (χ4v) is 3.81. The quantitative estimate of drug-likeness (QED) is 0.740. The molecule has 2 N–H and O–H groups in total. The SMILES string of the molecule is CCN1C(=O)NC(c2cccc(C)c2)C2=C1CN(CCC(=O)NCC(C)C)C2=O. The second kappa shape index (κ2) is 8.68. The number of carbonyl (C=O) groups excluding carboxylic acids is 3. The molecule has 0 radical (unpaired) electrons. The molecule has 7 nitrogen and oxygen atoms in total. The van der Waals surface area contributed by atoms with Crippen molar-refractivity contribution in [2.24, 2.45) is 5.92 Å². The van der Waals surface area contributed by atoms with Gasteiger partial charge in [0.1, 0.15) is 0 Å². The molecule has 7 heteroatoms. The Balaban J connectivity index is 1.79. The van der Waals surface area contributed by atoms with Gasteiger partial charge in [0.15, 0.2) is 0 Å². The van der Waals surface area contributed by atoms with E-state index in [0.717, 1.165) is 16.8 Å². The molecule has 2 aliphatic heterocycles. The number of urea groups is 1. The molecule has 2 aliphatic rings. The second-order valence-corrected chi connectivity index (χ2v) is 8.08. The van der Waals surface area contributed by atoms with E-state index in [4.69, 9.17) is 0 Å². The summed E-state index contributed by atoms with van der Waals surface area (Å²) in [5, 5.41) is 5.87. The summed E-state index contributed by atoms with van der Waals surface area (Å²) in [7, 11) is 0. The largest absolute Gasteiger partial charge is 0.356 e. The van der Waals surface area contributed by atoms with Crippen LogP contribution in [0.5, 0.6) is 0 Å². The van der Waals surface area contributed by atoms with Gasteiger partial charge in [0.25, 0.3) is 5.91 Å². The molecule has 1 aromatic rings. The number of nitrogens with zero attached hydrogens (tertiary/aromatic N) is 2. The Morgan fingerprint density at radius 3 is 2.72 bits per heavy atom. The average Bonchev–Trinajstić information content (AvgIpc) is 3.00. The minimum Gasteiger partial charge on any atom is -0.356 e. The van der Waals surface area contributed by atoms with Crippen LogP contribution in [0.25, 0.3) is 0 Å². The monoisotopic (exact) mass is 398 g/mol. The van der Waals surface area contributed by atoms with Crippen molar-refractivity contribution in [2.45, 2.75) is 40.2 Å². The lowest BCUT2D eigenvalue weighted by Crippen LogP contribution is -2.47. The third kappa shape index (κ3) is 4.44. The summed E-state index contributed by atoms with van der Waals surface area (Å²) in [6.45, 7) is 9.76. The third-order valence-electron chi connectivity index (χ3n) is 5.30. The molecule has 0 saturated heterocycles. The van der Waals surface area contributed by atoms with Gasteiger partial charge in [-0.3, -0.25) is 14.5 Å². The van der Waals surface area contributed by atoms with Crippen LogP contribution in [0.4, 0.5) is 4.79 Å². The first kappa shape index (κ1) is 20.9. The van der Waals surface area contributed by atoms with E-state index in [-0.39, 0.29) is 24.3 Å². The van der Waals surface area contributed by atoms with E-state index < -0.39 is 6.04 Å². The lowest BCUT2D eigenvalue weighted by atomic mass is 9.94. The zero-order chi connectivity index (χ0) is 21.1. The van der Waals surface area contributed by atoms with Gasteiger partial charge in [-0.2, -0.15) is 0 Å². The summed E-state index contributed by atoms with van der Waals surface area (Å²) in [5.41, 5.74) is 3.32. The molecule has 3 rings (SSSR count). The highest BCUT2D eigenvalue weighted by atomic mass is 16.2. The Morgan fingerprint density at radius 1 is 1.31 bits per heavy atom. The molecule has 2 heterocycles. The normalized spacial score (nSPS) is 19.0. The fourth-order valence-electron chi connectivity index (χ4n) is 3.81. The van der Waals surface area contributed by atoms with E-state index in [1.165, 1.54) is 0 Å². The van der Waals surface area contributed by atoms with Crippen LogP contribution in [0.15, 0.2) is 35.5 Å². The first-order valence-electron chi connectivity index (χ1n) is 10.2. The first-order valence-corrected chi connectivity index (χ1v) is 10.2. The molecule has 0 spiro atoms. The molecular weight excluding hydrogens is 368 g/mol. The molecule has 0 aliphatic carbocycles. The summed E-state index contributed by atoms with van der Waals surface area (Å²) >= 11 is 0. The van der Waals surface area contributed by atoms with Crippen LogP contribution >= 0.6 is 0 Å². The Kier molecular flexibility index (Phi) is 6.25. The minimum absolute atomic E-state index is 0.0619. The van der Waals surface area contributed by atoms with Crippen LogP contribution in [-0.4, -0.2) is 53.8 Å². The topological polar surface area (TPSA) is 81.8 Å². The molecular formula is C22H30N4O3. The smallest absolute Gasteiger partial charge is 0.322 e. The van der Waals surface area contributed by atoms with Crippen molar-refractivity contribution < 1.29 is 14.4 Å². The first-order chi connectivity index (χ1) is 13.8. The molecule has 156 valence electrons. The number of likely N-dealkylation sites (N-methyl/N-ethyl adjacent to an activating group) is 1. The Morgan fingerprint density at radius 2 is 2.07 bits per heavy atom. The van der Waals surface area contributed by atoms with Gasteiger partial charge in [0.05, 0.1) is 23.9 Å². The maximum Gasteiger partial charge on any atom is 0.322 e. The van der Waals surface area contributed by atoms with E-state index in [9.17, 15) is 14.4 Å². The van der Waals surface area contributed by atoms with Crippen molar-refractivity contribution in [3.8, 4) is 0 Å². The van der Waals surface area contributed by atoms with Crippen LogP contribution in [0.1, 0.15) is 44.4 Å². The van der Waals surface area contributed by atoms with Crippen LogP contribution in [0.2, 0.25) is 0 Å². The molecule has 1 aromatic carbocycles. The molecule has 0 aromatic heterocycles. The van der Waals surface area contributed by atoms with E-state index in [0.29, 0.717) is 37.7 Å². The number of nitrogens with one attached hydrogen (secondary N) is 2. The number of amides is 4. The maximum absolute atomic E-state index is 13.2. The van der Waals surface area contributed by atoms with Gasteiger partial charge in [-0.1, -0.05) is 43.7 Å². The van der Waals surface area contributed by atoms with Crippen molar-refractivity contribution in [3.05, 3.63) is 46.7 Å². The Hall–Kier alpha value is -2.83. The van der Waals surface area contributed by atoms with Gasteiger partial charge < -0.3 is 15.5 Å². The molecule has 4 amide bonds. The molecule has 0 fully saturated rings. The highest BCUT2D eigenvalue weighted by Gasteiger charge is 2.43. The van der Waals surface area contributed by atoms with Gasteiger partial charge in [-0.15, -0.1) is 0 Å². The van der Waals surface area contributed by atoms with Crippen LogP contribution < -0.4 is 10.6 Å². The van der Waals surface area contributed by atoms with Gasteiger partial charge in [0, 0.05) is 26.1 Å². The van der Waals surface area contributed by atoms with E-state index >= 15 is 0 Å². The van der Waals surface area contributed by atoms with Gasteiger partial charge in [0.2, 0.25) is 5.91 Å². The van der Waals surface area contributed by atoms with Gasteiger partial charge >= 0.3 is 6.03 Å². The third-order valence-corrected chi connectivity index (χ3v) is 5.30. The minimum atomic E-state index is -0.465. The number of hydrogen-bond acceptors (Lipinski definition) is 3. The predicted octanol–water partition coefficient (Wildman–Crippen LogP) is 2.34. The molecule has 0 bridgehead atoms. The summed E-state index contributed by atoms with van der Waals surface area (Å²) in [5.74, 6) is 0.210. The fraction of sp³-hybridized carbons (Fsp3) is 0.500. The number of rotatable bonds is 7. The summed E-state index contributed by atoms with van der Waals surface area (Å²) in [4.78, 5) is 41.2. The number of carbonyl (C=O) groups is 3. The summed E-state index contributed by atoms with van der Waals surface area (Å²) < 4.78 is 0. The molecule has 1 unspecified atom stereocenters. The maximum atomic E-state index is 13.2. The second-order valence-electron chi connectivity index (χ2n) is 8.08. The highest BCUT2D eigenvalue weighted by Crippen LogP contribution is 2.36. The standard InChI is InChI=1S/C22H30N4O3/c1-5-26-17-13-25(10-9-18(27)23-12-14(2)3)21(28)19(17)20(24-22(26)29)16-8-6-7-15(4)11-16/h6-8,11,14,20H,5,9-10,12-13H2,1-4H3,(H,23,27)(H,24,29). The van der Waals surface area contributed by atoms with E-state index in [2.05, 4.69) is 10.6 Å². The average molecular weight is 399 g/mol. The van der Waals surface area contributed by atoms with E-state index in [1.807, 2.05) is 52.0 Å². The number of benzene rings is 1. The zero-order valence-corrected chi connectivity index (χ0v) is 17.6. The van der Waals surface area contributed by atoms with Crippen molar-refractivity contribution in [1.29, 1.82) is 0 Å². The molecule has 1 atom stereocenters. The summed E-state index contributed by atoms with van der Waals surface area (Å²) in [6.07, 6.45) is 0.252. The highest BCUT2D eigenvalue weighted by molar-refractivity contribution is 6.01. The zero-order valence-electron chi connectivity index (χ0n) is 17.6. The van der Waals surface area contributed by atoms with Gasteiger partial charge in [-0.25, -0.2) is 4.79 Å². The van der Waals surface area contributed by atoms with Crippen molar-refractivity contribution >= 4 is 17.8 Å². The van der Waals surface area contributed by atoms with Crippen molar-refractivity contribution in [3.63, 3.8) is 0 Å². The van der Waals surface area contributed by atoms with Crippen molar-refractivity contribution in [1.82, 2.24) is 20.4 Å². The van der Waals surface area contributed by atoms with Crippen LogP contribution in [-0.2, 0) is 9.59 Å². The predicted molar refractivity (Wildman–Crippen MR) is 111 cm³/mol. The lowest BCUT2D eigenvalue weighted by molar-refractivity contribution is -0.127.